The summed E-state index contributed by atoms with van der Waals surface area (Å²) in [5.41, 5.74) is 4.81. The molecule has 0 bridgehead atoms. The van der Waals surface area contributed by atoms with E-state index in [2.05, 4.69) is 19.1 Å². The maximum Gasteiger partial charge on any atom is 0.145 e. The first-order chi connectivity index (χ1) is 9.55. The second-order valence-corrected chi connectivity index (χ2v) is 5.15. The van der Waals surface area contributed by atoms with E-state index in [0.717, 1.165) is 22.4 Å². The number of ether oxygens (including phenoxy) is 1. The summed E-state index contributed by atoms with van der Waals surface area (Å²) in [6, 6.07) is 11.7. The van der Waals surface area contributed by atoms with Gasteiger partial charge in [-0.2, -0.15) is 5.26 Å². The molecule has 2 aromatic rings. The highest BCUT2D eigenvalue weighted by molar-refractivity contribution is 6.17. The van der Waals surface area contributed by atoms with Crippen LogP contribution in [0.15, 0.2) is 30.3 Å². The largest absolute Gasteiger partial charge is 0.456 e. The molecule has 0 spiro atoms. The van der Waals surface area contributed by atoms with Crippen LogP contribution in [0.25, 0.3) is 0 Å². The van der Waals surface area contributed by atoms with E-state index in [4.69, 9.17) is 16.3 Å². The molecule has 0 aromatic heterocycles. The van der Waals surface area contributed by atoms with Crippen LogP contribution in [0, 0.1) is 32.1 Å². The standard InChI is InChI=1S/C17H16ClNO/c1-11-6-12(2)13(3)17(7-11)20-16-5-4-14(9-18)8-15(16)10-19/h4-8H,9H2,1-3H3. The zero-order chi connectivity index (χ0) is 14.7. The lowest BCUT2D eigenvalue weighted by molar-refractivity contribution is 0.476. The topological polar surface area (TPSA) is 33.0 Å². The molecule has 2 aromatic carbocycles. The molecule has 3 heteroatoms. The molecule has 0 fully saturated rings. The van der Waals surface area contributed by atoms with Gasteiger partial charge in [-0.25, -0.2) is 0 Å². The first kappa shape index (κ1) is 14.4. The van der Waals surface area contributed by atoms with Crippen LogP contribution >= 0.6 is 11.6 Å². The quantitative estimate of drug-likeness (QED) is 0.742. The van der Waals surface area contributed by atoms with Gasteiger partial charge in [-0.1, -0.05) is 12.1 Å². The van der Waals surface area contributed by atoms with Crippen molar-refractivity contribution in [2.24, 2.45) is 0 Å². The number of nitrogens with zero attached hydrogens (tertiary/aromatic N) is 1. The minimum Gasteiger partial charge on any atom is -0.456 e. The molecule has 2 rings (SSSR count). The predicted octanol–water partition coefficient (Wildman–Crippen LogP) is 5.01. The Morgan fingerprint density at radius 3 is 2.50 bits per heavy atom. The highest BCUT2D eigenvalue weighted by Crippen LogP contribution is 2.31. The van der Waals surface area contributed by atoms with Crippen molar-refractivity contribution in [3.05, 3.63) is 58.1 Å². The van der Waals surface area contributed by atoms with Crippen molar-refractivity contribution in [1.29, 1.82) is 5.26 Å². The fraction of sp³-hybridized carbons (Fsp3) is 0.235. The van der Waals surface area contributed by atoms with Crippen molar-refractivity contribution in [3.63, 3.8) is 0 Å². The van der Waals surface area contributed by atoms with Gasteiger partial charge in [-0.05, 0) is 61.2 Å². The number of hydrogen-bond acceptors (Lipinski definition) is 2. The lowest BCUT2D eigenvalue weighted by Crippen LogP contribution is -1.94. The van der Waals surface area contributed by atoms with Crippen LogP contribution < -0.4 is 4.74 Å². The summed E-state index contributed by atoms with van der Waals surface area (Å²) in [5.74, 6) is 1.74. The minimum atomic E-state index is 0.386. The van der Waals surface area contributed by atoms with Crippen LogP contribution in [0.1, 0.15) is 27.8 Å². The Morgan fingerprint density at radius 2 is 1.85 bits per heavy atom. The molecule has 0 aliphatic carbocycles. The molecule has 0 saturated carbocycles. The van der Waals surface area contributed by atoms with Gasteiger partial charge in [0.2, 0.25) is 0 Å². The van der Waals surface area contributed by atoms with Crippen molar-refractivity contribution in [3.8, 4) is 17.6 Å². The minimum absolute atomic E-state index is 0.386. The van der Waals surface area contributed by atoms with Crippen molar-refractivity contribution in [1.82, 2.24) is 0 Å². The van der Waals surface area contributed by atoms with E-state index in [1.807, 2.05) is 26.0 Å². The lowest BCUT2D eigenvalue weighted by atomic mass is 10.1. The Hall–Kier alpha value is -1.98. The van der Waals surface area contributed by atoms with Gasteiger partial charge in [-0.3, -0.25) is 0 Å². The Morgan fingerprint density at radius 1 is 1.10 bits per heavy atom. The molecule has 0 aliphatic rings. The SMILES string of the molecule is Cc1cc(C)c(C)c(Oc2ccc(CCl)cc2C#N)c1. The van der Waals surface area contributed by atoms with Gasteiger partial charge in [0.05, 0.1) is 5.56 Å². The molecule has 0 N–H and O–H groups in total. The Bertz CT molecular complexity index is 686. The molecule has 20 heavy (non-hydrogen) atoms. The highest BCUT2D eigenvalue weighted by Gasteiger charge is 2.09. The molecule has 0 heterocycles. The van der Waals surface area contributed by atoms with Crippen LogP contribution in [0.5, 0.6) is 11.5 Å². The third-order valence-electron chi connectivity index (χ3n) is 3.30. The number of rotatable bonds is 3. The van der Waals surface area contributed by atoms with Crippen molar-refractivity contribution in [2.45, 2.75) is 26.7 Å². The van der Waals surface area contributed by atoms with E-state index < -0.39 is 0 Å². The first-order valence-electron chi connectivity index (χ1n) is 6.40. The normalized spacial score (nSPS) is 10.2. The second-order valence-electron chi connectivity index (χ2n) is 4.88. The predicted molar refractivity (Wildman–Crippen MR) is 81.4 cm³/mol. The summed E-state index contributed by atoms with van der Waals surface area (Å²) >= 11 is 5.78. The molecule has 0 unspecified atom stereocenters. The number of benzene rings is 2. The summed E-state index contributed by atoms with van der Waals surface area (Å²) < 4.78 is 5.93. The first-order valence-corrected chi connectivity index (χ1v) is 6.93. The monoisotopic (exact) mass is 285 g/mol. The number of hydrogen-bond donors (Lipinski definition) is 0. The Balaban J connectivity index is 2.43. The van der Waals surface area contributed by atoms with E-state index in [-0.39, 0.29) is 0 Å². The van der Waals surface area contributed by atoms with Crippen LogP contribution in [0.2, 0.25) is 0 Å². The molecule has 0 saturated heterocycles. The maximum absolute atomic E-state index is 9.22. The van der Waals surface area contributed by atoms with Crippen molar-refractivity contribution in [2.75, 3.05) is 0 Å². The van der Waals surface area contributed by atoms with Crippen LogP contribution in [-0.4, -0.2) is 0 Å². The third kappa shape index (κ3) is 2.95. The number of alkyl halides is 1. The van der Waals surface area contributed by atoms with Crippen LogP contribution in [0.3, 0.4) is 0 Å². The van der Waals surface area contributed by atoms with Crippen molar-refractivity contribution >= 4 is 11.6 Å². The highest BCUT2D eigenvalue weighted by atomic mass is 35.5. The van der Waals surface area contributed by atoms with Gasteiger partial charge in [0.25, 0.3) is 0 Å². The molecule has 0 aliphatic heterocycles. The summed E-state index contributed by atoms with van der Waals surface area (Å²) in [4.78, 5) is 0. The van der Waals surface area contributed by atoms with E-state index in [9.17, 15) is 5.26 Å². The molecule has 0 amide bonds. The van der Waals surface area contributed by atoms with E-state index in [1.54, 1.807) is 12.1 Å². The van der Waals surface area contributed by atoms with Crippen molar-refractivity contribution < 1.29 is 4.74 Å². The van der Waals surface area contributed by atoms with Gasteiger partial charge in [0.1, 0.15) is 17.6 Å². The van der Waals surface area contributed by atoms with Gasteiger partial charge < -0.3 is 4.74 Å². The summed E-state index contributed by atoms with van der Waals surface area (Å²) in [7, 11) is 0. The Labute approximate surface area is 124 Å². The van der Waals surface area contributed by atoms with Gasteiger partial charge in [0.15, 0.2) is 0 Å². The van der Waals surface area contributed by atoms with Gasteiger partial charge >= 0.3 is 0 Å². The number of aryl methyl sites for hydroxylation is 2. The van der Waals surface area contributed by atoms with E-state index in [0.29, 0.717) is 17.2 Å². The summed E-state index contributed by atoms with van der Waals surface area (Å²) in [5, 5.41) is 9.22. The molecule has 0 atom stereocenters. The third-order valence-corrected chi connectivity index (χ3v) is 3.61. The molecular weight excluding hydrogens is 270 g/mol. The zero-order valence-corrected chi connectivity index (χ0v) is 12.6. The Kier molecular flexibility index (Phi) is 4.32. The summed E-state index contributed by atoms with van der Waals surface area (Å²) in [6.45, 7) is 6.10. The van der Waals surface area contributed by atoms with E-state index in [1.165, 1.54) is 5.56 Å². The van der Waals surface area contributed by atoms with Gasteiger partial charge in [0, 0.05) is 5.88 Å². The van der Waals surface area contributed by atoms with Gasteiger partial charge in [-0.15, -0.1) is 11.6 Å². The van der Waals surface area contributed by atoms with Crippen LogP contribution in [-0.2, 0) is 5.88 Å². The van der Waals surface area contributed by atoms with Crippen LogP contribution in [0.4, 0.5) is 0 Å². The summed E-state index contributed by atoms with van der Waals surface area (Å²) in [6.07, 6.45) is 0. The second kappa shape index (κ2) is 5.98. The smallest absolute Gasteiger partial charge is 0.145 e. The number of nitriles is 1. The average Bonchev–Trinajstić information content (AvgIpc) is 2.44. The molecule has 102 valence electrons. The fourth-order valence-electron chi connectivity index (χ4n) is 2.06. The zero-order valence-electron chi connectivity index (χ0n) is 11.8. The fourth-order valence-corrected chi connectivity index (χ4v) is 2.23. The molecule has 2 nitrogen and oxygen atoms in total. The van der Waals surface area contributed by atoms with E-state index >= 15 is 0 Å². The maximum atomic E-state index is 9.22. The molecule has 0 radical (unpaired) electrons. The average molecular weight is 286 g/mol. The molecular formula is C17H16ClNO. The number of halogens is 1. The lowest BCUT2D eigenvalue weighted by Gasteiger charge is -2.13.